The third-order valence-corrected chi connectivity index (χ3v) is 3.85. The molecule has 0 bridgehead atoms. The number of nitrogens with two attached hydrogens (primary N) is 1. The van der Waals surface area contributed by atoms with Crippen LogP contribution in [0.3, 0.4) is 0 Å². The second-order valence-electron chi connectivity index (χ2n) is 6.89. The molecule has 2 aliphatic rings. The zero-order chi connectivity index (χ0) is 14.5. The van der Waals surface area contributed by atoms with E-state index in [2.05, 4.69) is 4.98 Å². The first kappa shape index (κ1) is 13.2. The molecule has 1 fully saturated rings. The van der Waals surface area contributed by atoms with Crippen LogP contribution < -0.4 is 5.73 Å². The number of carbonyl (C=O) groups is 1. The Balaban J connectivity index is 1.86. The van der Waals surface area contributed by atoms with Crippen LogP contribution in [0.4, 0.5) is 10.5 Å². The van der Waals surface area contributed by atoms with Gasteiger partial charge in [-0.25, -0.2) is 4.79 Å². The number of aromatic nitrogens is 1. The van der Waals surface area contributed by atoms with E-state index >= 15 is 0 Å². The Kier molecular flexibility index (Phi) is 2.71. The lowest BCUT2D eigenvalue weighted by Crippen LogP contribution is -2.44. The van der Waals surface area contributed by atoms with E-state index in [0.717, 1.165) is 24.1 Å². The van der Waals surface area contributed by atoms with Crippen LogP contribution in [-0.4, -0.2) is 28.1 Å². The maximum absolute atomic E-state index is 12.3. The summed E-state index contributed by atoms with van der Waals surface area (Å²) >= 11 is 0. The van der Waals surface area contributed by atoms with Crippen LogP contribution in [0.25, 0.3) is 0 Å². The molecule has 0 saturated heterocycles. The molecule has 1 aromatic heterocycles. The topological polar surface area (TPSA) is 68.5 Å². The van der Waals surface area contributed by atoms with Gasteiger partial charge in [0.25, 0.3) is 0 Å². The minimum atomic E-state index is -0.470. The van der Waals surface area contributed by atoms with E-state index in [4.69, 9.17) is 10.5 Å². The molecule has 108 valence electrons. The van der Waals surface area contributed by atoms with E-state index < -0.39 is 5.60 Å². The predicted octanol–water partition coefficient (Wildman–Crippen LogP) is 2.45. The summed E-state index contributed by atoms with van der Waals surface area (Å²) in [6.45, 7) is 6.88. The molecule has 20 heavy (non-hydrogen) atoms. The fraction of sp³-hybridized carbons (Fsp3) is 0.600. The van der Waals surface area contributed by atoms with Crippen molar-refractivity contribution < 1.29 is 9.53 Å². The monoisotopic (exact) mass is 275 g/mol. The first-order valence-electron chi connectivity index (χ1n) is 7.02. The van der Waals surface area contributed by atoms with Crippen molar-refractivity contribution >= 4 is 11.8 Å². The molecule has 1 saturated carbocycles. The van der Waals surface area contributed by atoms with Crippen LogP contribution in [-0.2, 0) is 16.7 Å². The Morgan fingerprint density at radius 3 is 2.75 bits per heavy atom. The van der Waals surface area contributed by atoms with Crippen LogP contribution in [0, 0.1) is 0 Å². The summed E-state index contributed by atoms with van der Waals surface area (Å²) in [5.74, 6) is 0. The van der Waals surface area contributed by atoms with Crippen LogP contribution in [0.2, 0.25) is 0 Å². The summed E-state index contributed by atoms with van der Waals surface area (Å²) in [5.41, 5.74) is 8.20. The molecule has 1 aliphatic heterocycles. The third kappa shape index (κ3) is 2.32. The molecule has 0 unspecified atom stereocenters. The van der Waals surface area contributed by atoms with Gasteiger partial charge in [-0.3, -0.25) is 4.98 Å². The number of ether oxygens (including phenoxy) is 1. The van der Waals surface area contributed by atoms with Crippen molar-refractivity contribution in [2.45, 2.75) is 51.2 Å². The molecule has 0 aromatic carbocycles. The summed E-state index contributed by atoms with van der Waals surface area (Å²) in [6, 6.07) is 1.93. The van der Waals surface area contributed by atoms with E-state index in [9.17, 15) is 4.79 Å². The second kappa shape index (κ2) is 4.11. The maximum atomic E-state index is 12.3. The molecule has 5 nitrogen and oxygen atoms in total. The highest BCUT2D eigenvalue weighted by molar-refractivity contribution is 5.69. The lowest BCUT2D eigenvalue weighted by atomic mass is 9.92. The van der Waals surface area contributed by atoms with Gasteiger partial charge in [0.05, 0.1) is 24.1 Å². The average molecular weight is 275 g/mol. The van der Waals surface area contributed by atoms with Gasteiger partial charge in [-0.2, -0.15) is 0 Å². The summed E-state index contributed by atoms with van der Waals surface area (Å²) in [6.07, 6.45) is 3.62. The Morgan fingerprint density at radius 1 is 1.45 bits per heavy atom. The van der Waals surface area contributed by atoms with Crippen molar-refractivity contribution in [3.8, 4) is 0 Å². The van der Waals surface area contributed by atoms with Crippen molar-refractivity contribution in [1.29, 1.82) is 0 Å². The standard InChI is InChI=1S/C15H21N3O2/c1-14(2,3)20-13(19)18-8-10-6-11(16)7-17-12(10)15(9-18)4-5-15/h6-7H,4-5,8-9,16H2,1-3H3. The van der Waals surface area contributed by atoms with Gasteiger partial charge < -0.3 is 15.4 Å². The lowest BCUT2D eigenvalue weighted by Gasteiger charge is -2.35. The van der Waals surface area contributed by atoms with Crippen LogP contribution in [0.1, 0.15) is 44.9 Å². The number of rotatable bonds is 0. The van der Waals surface area contributed by atoms with E-state index in [0.29, 0.717) is 18.8 Å². The number of hydrogen-bond donors (Lipinski definition) is 1. The first-order chi connectivity index (χ1) is 9.29. The quantitative estimate of drug-likeness (QED) is 0.789. The number of anilines is 1. The van der Waals surface area contributed by atoms with Gasteiger partial charge in [-0.15, -0.1) is 0 Å². The van der Waals surface area contributed by atoms with E-state index in [-0.39, 0.29) is 11.5 Å². The highest BCUT2D eigenvalue weighted by Gasteiger charge is 2.51. The fourth-order valence-corrected chi connectivity index (χ4v) is 2.83. The normalized spacial score (nSPS) is 19.6. The van der Waals surface area contributed by atoms with Gasteiger partial charge in [0.15, 0.2) is 0 Å². The first-order valence-corrected chi connectivity index (χ1v) is 7.02. The SMILES string of the molecule is CC(C)(C)OC(=O)N1Cc2cc(N)cnc2C2(CC2)C1. The van der Waals surface area contributed by atoms with E-state index in [1.807, 2.05) is 26.8 Å². The minimum Gasteiger partial charge on any atom is -0.444 e. The molecule has 1 aliphatic carbocycles. The zero-order valence-corrected chi connectivity index (χ0v) is 12.3. The Hall–Kier alpha value is -1.78. The molecule has 2 N–H and O–H groups in total. The fourth-order valence-electron chi connectivity index (χ4n) is 2.83. The van der Waals surface area contributed by atoms with Crippen molar-refractivity contribution in [2.24, 2.45) is 0 Å². The molecule has 2 heterocycles. The molecule has 0 radical (unpaired) electrons. The van der Waals surface area contributed by atoms with Crippen molar-refractivity contribution in [3.63, 3.8) is 0 Å². The number of nitrogens with zero attached hydrogens (tertiary/aromatic N) is 2. The Bertz CT molecular complexity index is 559. The van der Waals surface area contributed by atoms with Crippen LogP contribution in [0.15, 0.2) is 12.3 Å². The maximum Gasteiger partial charge on any atom is 0.410 e. The Morgan fingerprint density at radius 2 is 2.15 bits per heavy atom. The number of fused-ring (bicyclic) bond motifs is 2. The molecule has 5 heteroatoms. The van der Waals surface area contributed by atoms with Gasteiger partial charge in [0, 0.05) is 12.0 Å². The summed E-state index contributed by atoms with van der Waals surface area (Å²) in [5, 5.41) is 0. The minimum absolute atomic E-state index is 0.0399. The summed E-state index contributed by atoms with van der Waals surface area (Å²) in [7, 11) is 0. The number of amides is 1. The number of pyridine rings is 1. The molecule has 1 aromatic rings. The van der Waals surface area contributed by atoms with Gasteiger partial charge in [0.2, 0.25) is 0 Å². The summed E-state index contributed by atoms with van der Waals surface area (Å²) in [4.78, 5) is 18.6. The lowest BCUT2D eigenvalue weighted by molar-refractivity contribution is 0.0195. The third-order valence-electron chi connectivity index (χ3n) is 3.85. The van der Waals surface area contributed by atoms with Gasteiger partial charge in [-0.1, -0.05) is 0 Å². The van der Waals surface area contributed by atoms with Gasteiger partial charge >= 0.3 is 6.09 Å². The predicted molar refractivity (Wildman–Crippen MR) is 76.2 cm³/mol. The zero-order valence-electron chi connectivity index (χ0n) is 12.3. The smallest absolute Gasteiger partial charge is 0.410 e. The number of hydrogen-bond acceptors (Lipinski definition) is 4. The second-order valence-corrected chi connectivity index (χ2v) is 6.89. The van der Waals surface area contributed by atoms with Crippen LogP contribution in [0.5, 0.6) is 0 Å². The number of nitrogen functional groups attached to an aromatic ring is 1. The molecule has 3 rings (SSSR count). The molecule has 1 spiro atoms. The average Bonchev–Trinajstić information content (AvgIpc) is 3.06. The van der Waals surface area contributed by atoms with E-state index in [1.165, 1.54) is 0 Å². The van der Waals surface area contributed by atoms with Gasteiger partial charge in [-0.05, 0) is 45.2 Å². The van der Waals surface area contributed by atoms with Crippen LogP contribution >= 0.6 is 0 Å². The molecular weight excluding hydrogens is 254 g/mol. The van der Waals surface area contributed by atoms with Crippen molar-refractivity contribution in [2.75, 3.05) is 12.3 Å². The van der Waals surface area contributed by atoms with Gasteiger partial charge in [0.1, 0.15) is 5.60 Å². The largest absolute Gasteiger partial charge is 0.444 e. The van der Waals surface area contributed by atoms with Crippen molar-refractivity contribution in [3.05, 3.63) is 23.5 Å². The van der Waals surface area contributed by atoms with E-state index in [1.54, 1.807) is 11.1 Å². The highest BCUT2D eigenvalue weighted by atomic mass is 16.6. The molecule has 0 atom stereocenters. The molecular formula is C15H21N3O2. The summed E-state index contributed by atoms with van der Waals surface area (Å²) < 4.78 is 5.48. The number of carbonyl (C=O) groups excluding carboxylic acids is 1. The molecule has 1 amide bonds. The Labute approximate surface area is 119 Å². The van der Waals surface area contributed by atoms with Crippen molar-refractivity contribution in [1.82, 2.24) is 9.88 Å². The highest BCUT2D eigenvalue weighted by Crippen LogP contribution is 2.51.